The Morgan fingerprint density at radius 3 is 2.58 bits per heavy atom. The molecule has 1 rings (SSSR count). The van der Waals surface area contributed by atoms with Crippen molar-refractivity contribution in [1.29, 1.82) is 0 Å². The highest BCUT2D eigenvalue weighted by atomic mass is 16.7. The zero-order valence-electron chi connectivity index (χ0n) is 10.3. The third-order valence-corrected chi connectivity index (χ3v) is 3.20. The van der Waals surface area contributed by atoms with Gasteiger partial charge in [-0.2, -0.15) is 0 Å². The number of ether oxygens (including phenoxy) is 2. The van der Waals surface area contributed by atoms with E-state index < -0.39 is 55.2 Å². The molecular formula is C10H19NO8. The fraction of sp³-hybridized carbons (Fsp3) is 0.900. The molecule has 1 heterocycles. The molecule has 1 fully saturated rings. The highest BCUT2D eigenvalue weighted by molar-refractivity contribution is 5.76. The monoisotopic (exact) mass is 281 g/mol. The van der Waals surface area contributed by atoms with E-state index in [1.54, 1.807) is 0 Å². The van der Waals surface area contributed by atoms with Crippen molar-refractivity contribution in [1.82, 2.24) is 0 Å². The summed E-state index contributed by atoms with van der Waals surface area (Å²) in [7, 11) is 1.07. The Morgan fingerprint density at radius 1 is 1.58 bits per heavy atom. The first-order chi connectivity index (χ1) is 8.79. The van der Waals surface area contributed by atoms with Gasteiger partial charge in [-0.3, -0.25) is 0 Å². The molecule has 0 saturated carbocycles. The van der Waals surface area contributed by atoms with Crippen LogP contribution in [-0.2, 0) is 14.3 Å². The number of nitrogens with two attached hydrogens (primary N) is 1. The molecule has 0 aromatic rings. The van der Waals surface area contributed by atoms with Gasteiger partial charge in [-0.1, -0.05) is 0 Å². The molecule has 6 atom stereocenters. The summed E-state index contributed by atoms with van der Waals surface area (Å²) in [4.78, 5) is 11.2. The molecule has 1 aliphatic heterocycles. The second kappa shape index (κ2) is 6.09. The van der Waals surface area contributed by atoms with Crippen LogP contribution in [0.15, 0.2) is 0 Å². The second-order valence-corrected chi connectivity index (χ2v) is 4.43. The molecule has 0 bridgehead atoms. The van der Waals surface area contributed by atoms with Crippen LogP contribution in [-0.4, -0.2) is 81.5 Å². The molecule has 9 nitrogen and oxygen atoms in total. The van der Waals surface area contributed by atoms with Crippen LogP contribution in [0.4, 0.5) is 0 Å². The molecule has 112 valence electrons. The lowest BCUT2D eigenvalue weighted by molar-refractivity contribution is -0.301. The summed E-state index contributed by atoms with van der Waals surface area (Å²) in [5, 5.41) is 46.7. The first-order valence-electron chi connectivity index (χ1n) is 5.66. The molecule has 7 N–H and O–H groups in total. The van der Waals surface area contributed by atoms with E-state index in [0.29, 0.717) is 0 Å². The van der Waals surface area contributed by atoms with Gasteiger partial charge in [0.05, 0.1) is 18.8 Å². The van der Waals surface area contributed by atoms with Crippen molar-refractivity contribution in [2.24, 2.45) is 5.73 Å². The standard InChI is InChI=1S/C10H19NO8/c1-18-10(9(16)17)2-4(13)6(11)8(19-10)7(15)5(14)3-12/h4-8,12-15H,2-3,11H2,1H3,(H,16,17)/t4?,5-,6?,7-,8?,10?/m0/s1. The summed E-state index contributed by atoms with van der Waals surface area (Å²) in [5.74, 6) is -3.65. The van der Waals surface area contributed by atoms with Gasteiger partial charge in [-0.15, -0.1) is 0 Å². The fourth-order valence-electron chi connectivity index (χ4n) is 1.96. The largest absolute Gasteiger partial charge is 0.477 e. The first kappa shape index (κ1) is 16.2. The molecule has 0 amide bonds. The highest BCUT2D eigenvalue weighted by Crippen LogP contribution is 2.31. The maximum atomic E-state index is 11.2. The third kappa shape index (κ3) is 3.03. The Balaban J connectivity index is 2.99. The molecule has 0 aliphatic carbocycles. The molecule has 0 aromatic heterocycles. The summed E-state index contributed by atoms with van der Waals surface area (Å²) in [6.45, 7) is -0.767. The van der Waals surface area contributed by atoms with Crippen LogP contribution in [0.2, 0.25) is 0 Å². The van der Waals surface area contributed by atoms with E-state index >= 15 is 0 Å². The van der Waals surface area contributed by atoms with Gasteiger partial charge in [-0.05, 0) is 0 Å². The Bertz CT molecular complexity index is 327. The average molecular weight is 281 g/mol. The van der Waals surface area contributed by atoms with E-state index in [9.17, 15) is 20.1 Å². The third-order valence-electron chi connectivity index (χ3n) is 3.20. The van der Waals surface area contributed by atoms with Crippen LogP contribution in [0.1, 0.15) is 6.42 Å². The number of aliphatic hydroxyl groups is 4. The number of hydrogen-bond donors (Lipinski definition) is 6. The van der Waals surface area contributed by atoms with Gasteiger partial charge in [0.2, 0.25) is 0 Å². The van der Waals surface area contributed by atoms with Crippen molar-refractivity contribution in [2.75, 3.05) is 13.7 Å². The Morgan fingerprint density at radius 2 is 2.16 bits per heavy atom. The van der Waals surface area contributed by atoms with Crippen LogP contribution in [0.5, 0.6) is 0 Å². The van der Waals surface area contributed by atoms with Crippen LogP contribution in [0.3, 0.4) is 0 Å². The molecule has 19 heavy (non-hydrogen) atoms. The molecule has 9 heteroatoms. The van der Waals surface area contributed by atoms with E-state index in [2.05, 4.69) is 0 Å². The van der Waals surface area contributed by atoms with Gasteiger partial charge >= 0.3 is 5.97 Å². The zero-order valence-corrected chi connectivity index (χ0v) is 10.3. The number of aliphatic carboxylic acids is 1. The minimum atomic E-state index is -2.16. The SMILES string of the molecule is COC1(C(=O)O)CC(O)C(N)C([C@@H](O)[C@@H](O)CO)O1. The number of carboxylic acids is 1. The minimum Gasteiger partial charge on any atom is -0.477 e. The number of carboxylic acid groups (broad SMARTS) is 1. The minimum absolute atomic E-state index is 0.418. The van der Waals surface area contributed by atoms with Gasteiger partial charge in [0.25, 0.3) is 5.79 Å². The van der Waals surface area contributed by atoms with E-state index in [-0.39, 0.29) is 0 Å². The molecule has 0 spiro atoms. The van der Waals surface area contributed by atoms with Crippen molar-refractivity contribution in [3.05, 3.63) is 0 Å². The molecular weight excluding hydrogens is 262 g/mol. The van der Waals surface area contributed by atoms with Gasteiger partial charge in [0, 0.05) is 13.5 Å². The van der Waals surface area contributed by atoms with Crippen LogP contribution >= 0.6 is 0 Å². The topological polar surface area (TPSA) is 163 Å². The normalized spacial score (nSPS) is 38.7. The van der Waals surface area contributed by atoms with Crippen molar-refractivity contribution in [2.45, 2.75) is 42.7 Å². The number of hydrogen-bond acceptors (Lipinski definition) is 8. The lowest BCUT2D eigenvalue weighted by Gasteiger charge is -2.44. The van der Waals surface area contributed by atoms with Gasteiger partial charge in [-0.25, -0.2) is 4.79 Å². The summed E-state index contributed by atoms with van der Waals surface area (Å²) in [5.41, 5.74) is 5.62. The molecule has 0 radical (unpaired) electrons. The summed E-state index contributed by atoms with van der Waals surface area (Å²) in [6.07, 6.45) is -6.37. The number of rotatable bonds is 5. The lowest BCUT2D eigenvalue weighted by atomic mass is 9.89. The van der Waals surface area contributed by atoms with Crippen molar-refractivity contribution >= 4 is 5.97 Å². The van der Waals surface area contributed by atoms with Gasteiger partial charge in [0.1, 0.15) is 18.3 Å². The predicted octanol–water partition coefficient (Wildman–Crippen LogP) is -3.40. The number of carbonyl (C=O) groups is 1. The van der Waals surface area contributed by atoms with E-state index in [1.165, 1.54) is 0 Å². The smallest absolute Gasteiger partial charge is 0.364 e. The van der Waals surface area contributed by atoms with Crippen LogP contribution in [0.25, 0.3) is 0 Å². The van der Waals surface area contributed by atoms with Crippen LogP contribution in [0, 0.1) is 0 Å². The van der Waals surface area contributed by atoms with Gasteiger partial charge < -0.3 is 40.7 Å². The quantitative estimate of drug-likeness (QED) is 0.301. The van der Waals surface area contributed by atoms with Crippen molar-refractivity contribution in [3.63, 3.8) is 0 Å². The summed E-state index contributed by atoms with van der Waals surface area (Å²) < 4.78 is 9.88. The van der Waals surface area contributed by atoms with Gasteiger partial charge in [0.15, 0.2) is 0 Å². The second-order valence-electron chi connectivity index (χ2n) is 4.43. The maximum Gasteiger partial charge on any atom is 0.364 e. The Hall–Kier alpha value is -0.810. The predicted molar refractivity (Wildman–Crippen MR) is 59.9 cm³/mol. The van der Waals surface area contributed by atoms with Crippen molar-refractivity contribution < 1.29 is 39.8 Å². The van der Waals surface area contributed by atoms with E-state index in [1.807, 2.05) is 0 Å². The summed E-state index contributed by atoms with van der Waals surface area (Å²) >= 11 is 0. The fourth-order valence-corrected chi connectivity index (χ4v) is 1.96. The maximum absolute atomic E-state index is 11.2. The van der Waals surface area contributed by atoms with E-state index in [4.69, 9.17) is 25.4 Å². The molecule has 0 aromatic carbocycles. The lowest BCUT2D eigenvalue weighted by Crippen LogP contribution is -2.66. The highest BCUT2D eigenvalue weighted by Gasteiger charge is 2.53. The average Bonchev–Trinajstić information content (AvgIpc) is 2.39. The zero-order chi connectivity index (χ0) is 14.8. The number of methoxy groups -OCH3 is 1. The summed E-state index contributed by atoms with van der Waals surface area (Å²) in [6, 6.07) is -1.13. The van der Waals surface area contributed by atoms with E-state index in [0.717, 1.165) is 7.11 Å². The first-order valence-corrected chi connectivity index (χ1v) is 5.66. The van der Waals surface area contributed by atoms with Crippen molar-refractivity contribution in [3.8, 4) is 0 Å². The Labute approximate surface area is 109 Å². The number of aliphatic hydroxyl groups excluding tert-OH is 4. The molecule has 1 aliphatic rings. The molecule has 1 saturated heterocycles. The molecule has 4 unspecified atom stereocenters. The Kier molecular flexibility index (Phi) is 5.21. The van der Waals surface area contributed by atoms with Crippen LogP contribution < -0.4 is 5.73 Å².